The lowest BCUT2D eigenvalue weighted by atomic mass is 9.93. The average molecular weight is 205 g/mol. The van der Waals surface area contributed by atoms with Crippen molar-refractivity contribution in [2.75, 3.05) is 6.61 Å². The van der Waals surface area contributed by atoms with Crippen molar-refractivity contribution >= 4 is 5.78 Å². The third-order valence-electron chi connectivity index (χ3n) is 2.87. The molecule has 1 aromatic heterocycles. The van der Waals surface area contributed by atoms with Crippen molar-refractivity contribution < 1.29 is 9.53 Å². The van der Waals surface area contributed by atoms with Crippen LogP contribution in [0.1, 0.15) is 35.8 Å². The summed E-state index contributed by atoms with van der Waals surface area (Å²) < 4.78 is 5.51. The van der Waals surface area contributed by atoms with E-state index in [0.717, 1.165) is 18.5 Å². The number of Topliss-reactive ketones (excluding diaryl/α,β-unsaturated/α-hetero) is 1. The van der Waals surface area contributed by atoms with Crippen molar-refractivity contribution in [3.05, 3.63) is 29.6 Å². The molecule has 80 valence electrons. The van der Waals surface area contributed by atoms with Crippen LogP contribution < -0.4 is 0 Å². The van der Waals surface area contributed by atoms with E-state index in [1.54, 1.807) is 6.20 Å². The molecule has 3 nitrogen and oxygen atoms in total. The van der Waals surface area contributed by atoms with Crippen LogP contribution in [0.25, 0.3) is 0 Å². The summed E-state index contributed by atoms with van der Waals surface area (Å²) in [6.07, 6.45) is 3.39. The standard InChI is InChI=1S/C12H15NO2/c1-9-4-5-10(8-13-9)11(14)12(2)6-3-7-15-12/h4-5,8H,3,6-7H2,1-2H3. The molecule has 1 atom stereocenters. The van der Waals surface area contributed by atoms with Gasteiger partial charge in [-0.25, -0.2) is 0 Å². The number of rotatable bonds is 2. The Kier molecular flexibility index (Phi) is 2.57. The molecule has 1 fully saturated rings. The van der Waals surface area contributed by atoms with E-state index in [-0.39, 0.29) is 5.78 Å². The molecule has 3 heteroatoms. The molecular weight excluding hydrogens is 190 g/mol. The Bertz CT molecular complexity index is 364. The zero-order valence-electron chi connectivity index (χ0n) is 9.12. The molecule has 0 amide bonds. The second-order valence-electron chi connectivity index (χ2n) is 4.20. The molecule has 1 saturated heterocycles. The summed E-state index contributed by atoms with van der Waals surface area (Å²) in [6, 6.07) is 3.67. The Morgan fingerprint density at radius 2 is 2.33 bits per heavy atom. The number of aryl methyl sites for hydroxylation is 1. The van der Waals surface area contributed by atoms with Gasteiger partial charge in [0.15, 0.2) is 5.78 Å². The van der Waals surface area contributed by atoms with Gasteiger partial charge in [-0.1, -0.05) is 0 Å². The number of hydrogen-bond acceptors (Lipinski definition) is 3. The summed E-state index contributed by atoms with van der Waals surface area (Å²) in [5, 5.41) is 0. The first-order valence-corrected chi connectivity index (χ1v) is 5.23. The van der Waals surface area contributed by atoms with Crippen molar-refractivity contribution in [2.45, 2.75) is 32.3 Å². The van der Waals surface area contributed by atoms with E-state index >= 15 is 0 Å². The van der Waals surface area contributed by atoms with Gasteiger partial charge in [0.2, 0.25) is 0 Å². The van der Waals surface area contributed by atoms with Crippen LogP contribution >= 0.6 is 0 Å². The minimum absolute atomic E-state index is 0.0486. The third-order valence-corrected chi connectivity index (χ3v) is 2.87. The van der Waals surface area contributed by atoms with E-state index < -0.39 is 5.60 Å². The van der Waals surface area contributed by atoms with Gasteiger partial charge in [-0.15, -0.1) is 0 Å². The fourth-order valence-corrected chi connectivity index (χ4v) is 1.87. The number of aromatic nitrogens is 1. The molecule has 2 heterocycles. The zero-order valence-corrected chi connectivity index (χ0v) is 9.12. The fraction of sp³-hybridized carbons (Fsp3) is 0.500. The highest BCUT2D eigenvalue weighted by Crippen LogP contribution is 2.28. The minimum atomic E-state index is -0.628. The van der Waals surface area contributed by atoms with Crippen LogP contribution in [0.15, 0.2) is 18.3 Å². The molecule has 0 spiro atoms. The molecule has 1 aliphatic rings. The Morgan fingerprint density at radius 1 is 1.53 bits per heavy atom. The number of carbonyl (C=O) groups excluding carboxylic acids is 1. The predicted octanol–water partition coefficient (Wildman–Crippen LogP) is 2.14. The first-order chi connectivity index (χ1) is 7.12. The SMILES string of the molecule is Cc1ccc(C(=O)C2(C)CCCO2)cn1. The highest BCUT2D eigenvalue weighted by molar-refractivity contribution is 6.02. The molecule has 0 bridgehead atoms. The Balaban J connectivity index is 2.24. The maximum Gasteiger partial charge on any atom is 0.195 e. The van der Waals surface area contributed by atoms with Gasteiger partial charge in [0.25, 0.3) is 0 Å². The first kappa shape index (κ1) is 10.3. The van der Waals surface area contributed by atoms with E-state index in [9.17, 15) is 4.79 Å². The molecule has 1 unspecified atom stereocenters. The smallest absolute Gasteiger partial charge is 0.195 e. The number of hydrogen-bond donors (Lipinski definition) is 0. The van der Waals surface area contributed by atoms with Crippen LogP contribution in [-0.2, 0) is 4.74 Å². The van der Waals surface area contributed by atoms with Crippen LogP contribution in [0, 0.1) is 6.92 Å². The second kappa shape index (κ2) is 3.74. The number of ketones is 1. The fourth-order valence-electron chi connectivity index (χ4n) is 1.87. The summed E-state index contributed by atoms with van der Waals surface area (Å²) in [5.41, 5.74) is 0.936. The monoisotopic (exact) mass is 205 g/mol. The maximum absolute atomic E-state index is 12.1. The van der Waals surface area contributed by atoms with Gasteiger partial charge in [-0.3, -0.25) is 9.78 Å². The van der Waals surface area contributed by atoms with Crippen molar-refractivity contribution in [2.24, 2.45) is 0 Å². The Morgan fingerprint density at radius 3 is 2.87 bits per heavy atom. The lowest BCUT2D eigenvalue weighted by Gasteiger charge is -2.21. The molecule has 0 N–H and O–H groups in total. The van der Waals surface area contributed by atoms with Crippen LogP contribution in [0.5, 0.6) is 0 Å². The van der Waals surface area contributed by atoms with Gasteiger partial charge in [-0.05, 0) is 38.8 Å². The second-order valence-corrected chi connectivity index (χ2v) is 4.20. The largest absolute Gasteiger partial charge is 0.367 e. The van der Waals surface area contributed by atoms with Gasteiger partial charge in [-0.2, -0.15) is 0 Å². The van der Waals surface area contributed by atoms with Crippen molar-refractivity contribution in [3.8, 4) is 0 Å². The lowest BCUT2D eigenvalue weighted by Crippen LogP contribution is -2.34. The summed E-state index contributed by atoms with van der Waals surface area (Å²) in [5.74, 6) is 0.0486. The molecule has 15 heavy (non-hydrogen) atoms. The predicted molar refractivity (Wildman–Crippen MR) is 56.9 cm³/mol. The van der Waals surface area contributed by atoms with Crippen LogP contribution in [0.4, 0.5) is 0 Å². The number of carbonyl (C=O) groups is 1. The van der Waals surface area contributed by atoms with Gasteiger partial charge < -0.3 is 4.74 Å². The van der Waals surface area contributed by atoms with Crippen LogP contribution in [-0.4, -0.2) is 23.0 Å². The van der Waals surface area contributed by atoms with E-state index in [1.807, 2.05) is 26.0 Å². The summed E-state index contributed by atoms with van der Waals surface area (Å²) in [6.45, 7) is 4.45. The average Bonchev–Trinajstić information content (AvgIpc) is 2.67. The van der Waals surface area contributed by atoms with Gasteiger partial charge in [0.1, 0.15) is 5.60 Å². The van der Waals surface area contributed by atoms with Gasteiger partial charge in [0.05, 0.1) is 0 Å². The van der Waals surface area contributed by atoms with Crippen molar-refractivity contribution in [3.63, 3.8) is 0 Å². The van der Waals surface area contributed by atoms with Gasteiger partial charge >= 0.3 is 0 Å². The Labute approximate surface area is 89.5 Å². The number of pyridine rings is 1. The van der Waals surface area contributed by atoms with Crippen molar-refractivity contribution in [1.82, 2.24) is 4.98 Å². The molecule has 0 radical (unpaired) electrons. The number of ether oxygens (including phenoxy) is 1. The van der Waals surface area contributed by atoms with E-state index in [4.69, 9.17) is 4.74 Å². The molecular formula is C12H15NO2. The van der Waals surface area contributed by atoms with Crippen LogP contribution in [0.3, 0.4) is 0 Å². The highest BCUT2D eigenvalue weighted by Gasteiger charge is 2.38. The number of nitrogens with zero attached hydrogens (tertiary/aromatic N) is 1. The summed E-state index contributed by atoms with van der Waals surface area (Å²) in [4.78, 5) is 16.2. The molecule has 0 saturated carbocycles. The topological polar surface area (TPSA) is 39.2 Å². The molecule has 0 aromatic carbocycles. The van der Waals surface area contributed by atoms with Crippen molar-refractivity contribution in [1.29, 1.82) is 0 Å². The minimum Gasteiger partial charge on any atom is -0.367 e. The first-order valence-electron chi connectivity index (χ1n) is 5.23. The van der Waals surface area contributed by atoms with E-state index in [2.05, 4.69) is 4.98 Å². The molecule has 2 rings (SSSR count). The summed E-state index contributed by atoms with van der Waals surface area (Å²) >= 11 is 0. The quantitative estimate of drug-likeness (QED) is 0.694. The highest BCUT2D eigenvalue weighted by atomic mass is 16.5. The van der Waals surface area contributed by atoms with Crippen LogP contribution in [0.2, 0.25) is 0 Å². The molecule has 1 aliphatic heterocycles. The lowest BCUT2D eigenvalue weighted by molar-refractivity contribution is 0.0213. The summed E-state index contributed by atoms with van der Waals surface area (Å²) in [7, 11) is 0. The third kappa shape index (κ3) is 1.92. The van der Waals surface area contributed by atoms with E-state index in [1.165, 1.54) is 0 Å². The van der Waals surface area contributed by atoms with Gasteiger partial charge in [0, 0.05) is 24.1 Å². The normalized spacial score (nSPS) is 25.5. The molecule has 1 aromatic rings. The Hall–Kier alpha value is -1.22. The zero-order chi connectivity index (χ0) is 10.9. The van der Waals surface area contributed by atoms with E-state index in [0.29, 0.717) is 12.2 Å². The maximum atomic E-state index is 12.1. The molecule has 0 aliphatic carbocycles.